The number of aliphatic hydroxyl groups excluding tert-OH is 1. The Bertz CT molecular complexity index is 746. The van der Waals surface area contributed by atoms with Crippen molar-refractivity contribution in [2.75, 3.05) is 12.4 Å². The fourth-order valence-corrected chi connectivity index (χ4v) is 2.78. The molecule has 13 heteroatoms. The molecule has 0 bridgehead atoms. The van der Waals surface area contributed by atoms with Gasteiger partial charge in [-0.3, -0.25) is 14.4 Å². The summed E-state index contributed by atoms with van der Waals surface area (Å²) in [7, 11) is 0. The Morgan fingerprint density at radius 2 is 1.71 bits per heavy atom. The molecule has 0 spiro atoms. The van der Waals surface area contributed by atoms with E-state index < -0.39 is 54.5 Å². The summed E-state index contributed by atoms with van der Waals surface area (Å²) in [6.45, 7) is 2.92. The molecule has 1 rings (SSSR count). The number of hydrogen-bond acceptors (Lipinski definition) is 8. The largest absolute Gasteiger partial charge is 0.480 e. The van der Waals surface area contributed by atoms with E-state index in [0.29, 0.717) is 12.1 Å². The number of carboxylic acids is 1. The van der Waals surface area contributed by atoms with Crippen molar-refractivity contribution in [3.63, 3.8) is 0 Å². The Kier molecular flexibility index (Phi) is 11.0. The average molecular weight is 459 g/mol. The fraction of sp³-hybridized carbons (Fsp3) is 0.611. The lowest BCUT2D eigenvalue weighted by molar-refractivity contribution is -0.141. The zero-order valence-electron chi connectivity index (χ0n) is 17.4. The lowest BCUT2D eigenvalue weighted by atomic mass is 9.99. The monoisotopic (exact) mass is 458 g/mol. The third-order valence-electron chi connectivity index (χ3n) is 4.78. The molecular formula is C18H30N6O6S. The number of carbonyl (C=O) groups is 4. The van der Waals surface area contributed by atoms with Gasteiger partial charge in [-0.05, 0) is 5.92 Å². The Hall–Kier alpha value is -2.64. The first-order chi connectivity index (χ1) is 14.6. The molecule has 0 aliphatic heterocycles. The van der Waals surface area contributed by atoms with Gasteiger partial charge in [0.1, 0.15) is 18.1 Å². The van der Waals surface area contributed by atoms with Gasteiger partial charge in [0.05, 0.1) is 19.0 Å². The van der Waals surface area contributed by atoms with Gasteiger partial charge in [-0.1, -0.05) is 20.3 Å². The standard InChI is InChI=1S/C18H30N6O6S/c1-3-9(2)14(19)17(28)23-12(6-25)16(27)22-11(4-10-5-20-8-21-10)15(26)24-13(7-31)18(29)30/h5,8-9,11-14,25,31H,3-4,6-7,19H2,1-2H3,(H,20,21)(H,22,27)(H,23,28)(H,24,26)(H,29,30). The lowest BCUT2D eigenvalue weighted by Crippen LogP contribution is -2.59. The summed E-state index contributed by atoms with van der Waals surface area (Å²) >= 11 is 3.89. The number of nitrogens with zero attached hydrogens (tertiary/aromatic N) is 1. The maximum Gasteiger partial charge on any atom is 0.327 e. The van der Waals surface area contributed by atoms with Crippen molar-refractivity contribution >= 4 is 36.3 Å². The number of carbonyl (C=O) groups excluding carboxylic acids is 3. The smallest absolute Gasteiger partial charge is 0.327 e. The van der Waals surface area contributed by atoms with E-state index >= 15 is 0 Å². The Balaban J connectivity index is 2.92. The molecule has 1 aromatic rings. The summed E-state index contributed by atoms with van der Waals surface area (Å²) in [4.78, 5) is 55.3. The molecule has 5 atom stereocenters. The van der Waals surface area contributed by atoms with Crippen LogP contribution in [-0.2, 0) is 25.6 Å². The first-order valence-electron chi connectivity index (χ1n) is 9.72. The van der Waals surface area contributed by atoms with E-state index in [1.54, 1.807) is 6.92 Å². The second-order valence-corrected chi connectivity index (χ2v) is 7.44. The number of H-pyrrole nitrogens is 1. The van der Waals surface area contributed by atoms with Crippen LogP contribution in [0, 0.1) is 5.92 Å². The number of nitrogens with two attached hydrogens (primary N) is 1. The number of amides is 3. The number of nitrogens with one attached hydrogen (secondary N) is 4. The van der Waals surface area contributed by atoms with Crippen LogP contribution in [0.5, 0.6) is 0 Å². The first kappa shape index (κ1) is 26.4. The summed E-state index contributed by atoms with van der Waals surface area (Å²) in [5.41, 5.74) is 6.35. The van der Waals surface area contributed by atoms with Crippen molar-refractivity contribution in [3.05, 3.63) is 18.2 Å². The number of aromatic nitrogens is 2. The van der Waals surface area contributed by atoms with Crippen LogP contribution in [0.25, 0.3) is 0 Å². The minimum Gasteiger partial charge on any atom is -0.480 e. The van der Waals surface area contributed by atoms with Crippen molar-refractivity contribution in [1.29, 1.82) is 0 Å². The van der Waals surface area contributed by atoms with Gasteiger partial charge >= 0.3 is 5.97 Å². The van der Waals surface area contributed by atoms with E-state index in [1.165, 1.54) is 12.5 Å². The number of imidazole rings is 1. The average Bonchev–Trinajstić information content (AvgIpc) is 3.26. The van der Waals surface area contributed by atoms with Crippen LogP contribution >= 0.6 is 12.6 Å². The molecule has 1 heterocycles. The predicted molar refractivity (Wildman–Crippen MR) is 114 cm³/mol. The molecule has 0 radical (unpaired) electrons. The van der Waals surface area contributed by atoms with E-state index in [-0.39, 0.29) is 18.1 Å². The summed E-state index contributed by atoms with van der Waals surface area (Å²) < 4.78 is 0. The van der Waals surface area contributed by atoms with Crippen molar-refractivity contribution in [3.8, 4) is 0 Å². The van der Waals surface area contributed by atoms with Crippen LogP contribution in [0.4, 0.5) is 0 Å². The number of carboxylic acid groups (broad SMARTS) is 1. The van der Waals surface area contributed by atoms with Gasteiger partial charge < -0.3 is 36.9 Å². The van der Waals surface area contributed by atoms with Crippen molar-refractivity contribution in [2.45, 2.75) is 50.9 Å². The van der Waals surface area contributed by atoms with Crippen LogP contribution < -0.4 is 21.7 Å². The molecule has 0 aliphatic rings. The molecule has 0 aliphatic carbocycles. The van der Waals surface area contributed by atoms with Crippen LogP contribution in [0.1, 0.15) is 26.0 Å². The third kappa shape index (κ3) is 8.19. The van der Waals surface area contributed by atoms with E-state index in [1.807, 2.05) is 6.92 Å². The number of thiol groups is 1. The third-order valence-corrected chi connectivity index (χ3v) is 5.15. The van der Waals surface area contributed by atoms with Gasteiger partial charge in [0, 0.05) is 24.1 Å². The van der Waals surface area contributed by atoms with Gasteiger partial charge in [0.15, 0.2) is 0 Å². The quantitative estimate of drug-likeness (QED) is 0.152. The van der Waals surface area contributed by atoms with Crippen molar-refractivity contribution in [2.24, 2.45) is 11.7 Å². The highest BCUT2D eigenvalue weighted by Gasteiger charge is 2.30. The Morgan fingerprint density at radius 3 is 2.19 bits per heavy atom. The van der Waals surface area contributed by atoms with E-state index in [2.05, 4.69) is 38.5 Å². The van der Waals surface area contributed by atoms with E-state index in [4.69, 9.17) is 10.8 Å². The zero-order chi connectivity index (χ0) is 23.6. The molecule has 31 heavy (non-hydrogen) atoms. The Labute approximate surface area is 185 Å². The molecule has 0 aromatic carbocycles. The number of rotatable bonds is 13. The topological polar surface area (TPSA) is 200 Å². The summed E-state index contributed by atoms with van der Waals surface area (Å²) in [6.07, 6.45) is 3.44. The highest BCUT2D eigenvalue weighted by Crippen LogP contribution is 2.06. The van der Waals surface area contributed by atoms with Gasteiger partial charge in [-0.15, -0.1) is 0 Å². The minimum atomic E-state index is -1.35. The number of aliphatic hydroxyl groups is 1. The van der Waals surface area contributed by atoms with Crippen LogP contribution in [0.3, 0.4) is 0 Å². The molecule has 0 fully saturated rings. The number of aliphatic carboxylic acids is 1. The van der Waals surface area contributed by atoms with Crippen LogP contribution in [0.2, 0.25) is 0 Å². The van der Waals surface area contributed by atoms with Gasteiger partial charge in [0.2, 0.25) is 17.7 Å². The molecule has 0 saturated heterocycles. The maximum absolute atomic E-state index is 12.6. The van der Waals surface area contributed by atoms with E-state index in [9.17, 15) is 24.3 Å². The minimum absolute atomic E-state index is 0.0328. The second kappa shape index (κ2) is 12.9. The predicted octanol–water partition coefficient (Wildman–Crippen LogP) is -2.21. The van der Waals surface area contributed by atoms with Crippen molar-refractivity contribution < 1.29 is 29.4 Å². The van der Waals surface area contributed by atoms with E-state index in [0.717, 1.165) is 0 Å². The van der Waals surface area contributed by atoms with Gasteiger partial charge in [-0.25, -0.2) is 9.78 Å². The van der Waals surface area contributed by atoms with Crippen molar-refractivity contribution in [1.82, 2.24) is 25.9 Å². The molecule has 5 unspecified atom stereocenters. The molecule has 12 nitrogen and oxygen atoms in total. The Morgan fingerprint density at radius 1 is 1.13 bits per heavy atom. The molecule has 8 N–H and O–H groups in total. The van der Waals surface area contributed by atoms with Crippen LogP contribution in [0.15, 0.2) is 12.5 Å². The molecule has 1 aromatic heterocycles. The highest BCUT2D eigenvalue weighted by molar-refractivity contribution is 7.80. The maximum atomic E-state index is 12.6. The van der Waals surface area contributed by atoms with Crippen LogP contribution in [-0.4, -0.2) is 80.4 Å². The molecular weight excluding hydrogens is 428 g/mol. The second-order valence-electron chi connectivity index (χ2n) is 7.08. The zero-order valence-corrected chi connectivity index (χ0v) is 18.3. The highest BCUT2D eigenvalue weighted by atomic mass is 32.1. The van der Waals surface area contributed by atoms with Gasteiger partial charge in [0.25, 0.3) is 0 Å². The molecule has 3 amide bonds. The summed E-state index contributed by atoms with van der Waals surface area (Å²) in [6, 6.07) is -4.69. The number of aromatic amines is 1. The van der Waals surface area contributed by atoms with Gasteiger partial charge in [-0.2, -0.15) is 12.6 Å². The normalized spacial score (nSPS) is 15.8. The fourth-order valence-electron chi connectivity index (χ4n) is 2.53. The summed E-state index contributed by atoms with van der Waals surface area (Å²) in [5.74, 6) is -3.80. The molecule has 174 valence electrons. The lowest BCUT2D eigenvalue weighted by Gasteiger charge is -2.25. The SMILES string of the molecule is CCC(C)C(N)C(=O)NC(CO)C(=O)NC(Cc1cnc[nH]1)C(=O)NC(CS)C(=O)O. The first-order valence-corrected chi connectivity index (χ1v) is 10.4. The molecule has 0 saturated carbocycles. The number of hydrogen-bond donors (Lipinski definition) is 8. The summed E-state index contributed by atoms with van der Waals surface area (Å²) in [5, 5.41) is 25.8.